The van der Waals surface area contributed by atoms with Gasteiger partial charge in [-0.25, -0.2) is 0 Å². The van der Waals surface area contributed by atoms with Crippen LogP contribution in [0.25, 0.3) is 31.4 Å². The third-order valence-corrected chi connectivity index (χ3v) is 7.63. The molecule has 2 aromatic carbocycles. The lowest BCUT2D eigenvalue weighted by atomic mass is 9.90. The van der Waals surface area contributed by atoms with Crippen LogP contribution in [0, 0.1) is 13.8 Å². The zero-order valence-electron chi connectivity index (χ0n) is 16.4. The topological polar surface area (TPSA) is 3.88 Å². The lowest BCUT2D eigenvalue weighted by molar-refractivity contribution is -0.659. The molecule has 4 aromatic rings. The summed E-state index contributed by atoms with van der Waals surface area (Å²) < 4.78 is 5.10. The van der Waals surface area contributed by atoms with Gasteiger partial charge >= 0.3 is 0 Å². The first kappa shape index (κ1) is 16.9. The van der Waals surface area contributed by atoms with Crippen LogP contribution in [-0.4, -0.2) is 0 Å². The summed E-state index contributed by atoms with van der Waals surface area (Å²) in [4.78, 5) is 0. The second-order valence-electron chi connectivity index (χ2n) is 8.11. The Hall–Kier alpha value is -2.19. The first-order valence-electron chi connectivity index (χ1n) is 10.0. The molecule has 5 rings (SSSR count). The Balaban J connectivity index is 1.81. The van der Waals surface area contributed by atoms with E-state index in [2.05, 4.69) is 74.1 Å². The van der Waals surface area contributed by atoms with Gasteiger partial charge in [0.2, 0.25) is 5.69 Å². The molecular formula is C25H26NS+. The van der Waals surface area contributed by atoms with E-state index in [9.17, 15) is 0 Å². The van der Waals surface area contributed by atoms with Crippen molar-refractivity contribution in [1.82, 2.24) is 0 Å². The van der Waals surface area contributed by atoms with Gasteiger partial charge in [-0.2, -0.15) is 4.57 Å². The fourth-order valence-corrected chi connectivity index (χ4v) is 6.06. The molecule has 1 fully saturated rings. The van der Waals surface area contributed by atoms with E-state index in [1.165, 1.54) is 68.2 Å². The van der Waals surface area contributed by atoms with Crippen LogP contribution in [0.15, 0.2) is 48.7 Å². The van der Waals surface area contributed by atoms with Crippen molar-refractivity contribution in [3.05, 3.63) is 65.4 Å². The number of rotatable bonds is 2. The van der Waals surface area contributed by atoms with E-state index in [-0.39, 0.29) is 0 Å². The molecular weight excluding hydrogens is 346 g/mol. The molecule has 2 heteroatoms. The summed E-state index contributed by atoms with van der Waals surface area (Å²) in [7, 11) is 2.19. The van der Waals surface area contributed by atoms with E-state index in [4.69, 9.17) is 0 Å². The molecule has 1 saturated carbocycles. The Kier molecular flexibility index (Phi) is 4.05. The lowest BCUT2D eigenvalue weighted by Crippen LogP contribution is -2.30. The fraction of sp³-hybridized carbons (Fsp3) is 0.320. The molecule has 0 spiro atoms. The Morgan fingerprint density at radius 3 is 2.56 bits per heavy atom. The van der Waals surface area contributed by atoms with Crippen molar-refractivity contribution in [3.63, 3.8) is 0 Å². The maximum atomic E-state index is 2.50. The third kappa shape index (κ3) is 2.70. The number of aromatic nitrogens is 1. The zero-order chi connectivity index (χ0) is 18.5. The van der Waals surface area contributed by atoms with E-state index in [0.29, 0.717) is 0 Å². The second kappa shape index (κ2) is 6.45. The van der Waals surface area contributed by atoms with Crippen molar-refractivity contribution in [2.45, 2.75) is 45.4 Å². The smallest absolute Gasteiger partial charge is 0.200 e. The highest BCUT2D eigenvalue weighted by molar-refractivity contribution is 7.26. The minimum atomic E-state index is 0.745. The maximum absolute atomic E-state index is 2.50. The van der Waals surface area contributed by atoms with Crippen molar-refractivity contribution in [1.29, 1.82) is 0 Å². The summed E-state index contributed by atoms with van der Waals surface area (Å²) in [5, 5.41) is 2.76. The number of hydrogen-bond acceptors (Lipinski definition) is 1. The third-order valence-electron chi connectivity index (χ3n) is 6.44. The largest absolute Gasteiger partial charge is 0.230 e. The van der Waals surface area contributed by atoms with Crippen molar-refractivity contribution in [3.8, 4) is 11.3 Å². The molecule has 1 aliphatic carbocycles. The summed E-state index contributed by atoms with van der Waals surface area (Å²) in [5.74, 6) is 0.745. The number of pyridine rings is 1. The van der Waals surface area contributed by atoms with Gasteiger partial charge in [0, 0.05) is 21.5 Å². The van der Waals surface area contributed by atoms with Gasteiger partial charge in [-0.05, 0) is 61.4 Å². The van der Waals surface area contributed by atoms with E-state index in [1.807, 2.05) is 11.3 Å². The van der Waals surface area contributed by atoms with Gasteiger partial charge in [0.1, 0.15) is 11.7 Å². The van der Waals surface area contributed by atoms with E-state index in [1.54, 1.807) is 5.56 Å². The second-order valence-corrected chi connectivity index (χ2v) is 9.16. The van der Waals surface area contributed by atoms with Crippen molar-refractivity contribution in [2.24, 2.45) is 7.05 Å². The first-order valence-corrected chi connectivity index (χ1v) is 10.9. The van der Waals surface area contributed by atoms with Gasteiger partial charge in [0.25, 0.3) is 0 Å². The number of fused-ring (bicyclic) bond motifs is 3. The summed E-state index contributed by atoms with van der Waals surface area (Å²) >= 11 is 1.93. The number of nitrogens with zero attached hydrogens (tertiary/aromatic N) is 1. The monoisotopic (exact) mass is 372 g/mol. The van der Waals surface area contributed by atoms with Crippen LogP contribution in [0.3, 0.4) is 0 Å². The normalized spacial score (nSPS) is 15.2. The quantitative estimate of drug-likeness (QED) is 0.340. The van der Waals surface area contributed by atoms with Gasteiger partial charge in [0.05, 0.1) is 5.56 Å². The molecule has 27 heavy (non-hydrogen) atoms. The maximum Gasteiger partial charge on any atom is 0.230 e. The Bertz CT molecular complexity index is 1160. The molecule has 0 bridgehead atoms. The van der Waals surface area contributed by atoms with Gasteiger partial charge < -0.3 is 0 Å². The SMILES string of the molecule is Cc1cc(C2CCCC2)cc(-c2c3sc4ccccc4c3cc[n+]2C)c1C. The van der Waals surface area contributed by atoms with Gasteiger partial charge in [-0.15, -0.1) is 11.3 Å². The summed E-state index contributed by atoms with van der Waals surface area (Å²) in [5.41, 5.74) is 7.17. The van der Waals surface area contributed by atoms with Gasteiger partial charge in [-0.3, -0.25) is 0 Å². The van der Waals surface area contributed by atoms with Crippen LogP contribution >= 0.6 is 11.3 Å². The highest BCUT2D eigenvalue weighted by Gasteiger charge is 2.24. The van der Waals surface area contributed by atoms with Crippen LogP contribution in [0.5, 0.6) is 0 Å². The summed E-state index contributed by atoms with van der Waals surface area (Å²) in [6, 6.07) is 16.0. The Morgan fingerprint density at radius 2 is 1.74 bits per heavy atom. The van der Waals surface area contributed by atoms with Crippen LogP contribution < -0.4 is 4.57 Å². The molecule has 0 N–H and O–H groups in total. The minimum Gasteiger partial charge on any atom is -0.200 e. The Labute approximate surface area is 165 Å². The molecule has 0 atom stereocenters. The van der Waals surface area contributed by atoms with E-state index in [0.717, 1.165) is 5.92 Å². The zero-order valence-corrected chi connectivity index (χ0v) is 17.2. The van der Waals surface area contributed by atoms with E-state index < -0.39 is 0 Å². The minimum absolute atomic E-state index is 0.745. The average Bonchev–Trinajstić information content (AvgIpc) is 3.32. The molecule has 2 heterocycles. The van der Waals surface area contributed by atoms with Crippen LogP contribution in [0.1, 0.15) is 48.3 Å². The predicted octanol–water partition coefficient (Wildman–Crippen LogP) is 6.82. The van der Waals surface area contributed by atoms with Crippen LogP contribution in [0.4, 0.5) is 0 Å². The van der Waals surface area contributed by atoms with Crippen molar-refractivity contribution in [2.75, 3.05) is 0 Å². The molecule has 0 radical (unpaired) electrons. The summed E-state index contributed by atoms with van der Waals surface area (Å²) in [6.45, 7) is 4.57. The number of hydrogen-bond donors (Lipinski definition) is 0. The highest BCUT2D eigenvalue weighted by Crippen LogP contribution is 2.41. The van der Waals surface area contributed by atoms with Crippen molar-refractivity contribution < 1.29 is 4.57 Å². The Morgan fingerprint density at radius 1 is 0.963 bits per heavy atom. The standard InChI is InChI=1S/C25H26NS/c1-16-14-19(18-8-4-5-9-18)15-22(17(16)2)24-25-21(12-13-26(24)3)20-10-6-7-11-23(20)27-25/h6-7,10-15,18H,4-5,8-9H2,1-3H3/q+1. The van der Waals surface area contributed by atoms with Gasteiger partial charge in [0.15, 0.2) is 6.20 Å². The number of benzene rings is 2. The van der Waals surface area contributed by atoms with Crippen LogP contribution in [0.2, 0.25) is 0 Å². The molecule has 136 valence electrons. The molecule has 0 saturated heterocycles. The molecule has 1 nitrogen and oxygen atoms in total. The predicted molar refractivity (Wildman–Crippen MR) is 117 cm³/mol. The molecule has 1 aliphatic rings. The number of aryl methyl sites for hydroxylation is 2. The lowest BCUT2D eigenvalue weighted by Gasteiger charge is -2.15. The average molecular weight is 373 g/mol. The number of thiophene rings is 1. The molecule has 2 aromatic heterocycles. The molecule has 0 amide bonds. The van der Waals surface area contributed by atoms with Gasteiger partial charge in [-0.1, -0.05) is 37.1 Å². The first-order chi connectivity index (χ1) is 13.1. The fourth-order valence-electron chi connectivity index (χ4n) is 4.77. The van der Waals surface area contributed by atoms with Crippen molar-refractivity contribution >= 4 is 31.5 Å². The van der Waals surface area contributed by atoms with Crippen LogP contribution in [-0.2, 0) is 7.05 Å². The highest BCUT2D eigenvalue weighted by atomic mass is 32.1. The van der Waals surface area contributed by atoms with E-state index >= 15 is 0 Å². The summed E-state index contributed by atoms with van der Waals surface area (Å²) in [6.07, 6.45) is 7.69. The molecule has 0 unspecified atom stereocenters. The molecule has 0 aliphatic heterocycles.